The van der Waals surface area contributed by atoms with Gasteiger partial charge in [-0.15, -0.1) is 0 Å². The predicted molar refractivity (Wildman–Crippen MR) is 124 cm³/mol. The third-order valence-electron chi connectivity index (χ3n) is 6.45. The predicted octanol–water partition coefficient (Wildman–Crippen LogP) is 6.17. The van der Waals surface area contributed by atoms with Crippen molar-refractivity contribution in [3.8, 4) is 11.1 Å². The van der Waals surface area contributed by atoms with E-state index in [-0.39, 0.29) is 23.4 Å². The lowest BCUT2D eigenvalue weighted by atomic mass is 9.81. The molecule has 2 bridgehead atoms. The summed E-state index contributed by atoms with van der Waals surface area (Å²) in [7, 11) is -3.86. The zero-order valence-corrected chi connectivity index (χ0v) is 19.9. The Kier molecular flexibility index (Phi) is 6.21. The molecule has 0 saturated heterocycles. The zero-order chi connectivity index (χ0) is 23.2. The highest BCUT2D eigenvalue weighted by molar-refractivity contribution is 7.87. The van der Waals surface area contributed by atoms with E-state index in [4.69, 9.17) is 15.8 Å². The second kappa shape index (κ2) is 8.64. The van der Waals surface area contributed by atoms with Crippen molar-refractivity contribution < 1.29 is 21.8 Å². The molecule has 2 atom stereocenters. The Bertz CT molecular complexity index is 1220. The molecule has 0 unspecified atom stereocenters. The first-order chi connectivity index (χ1) is 15.1. The van der Waals surface area contributed by atoms with Crippen LogP contribution in [0.5, 0.6) is 0 Å². The Morgan fingerprint density at radius 3 is 2.47 bits per heavy atom. The maximum atomic E-state index is 14.6. The first-order valence-electron chi connectivity index (χ1n) is 10.9. The molecule has 2 aliphatic rings. The van der Waals surface area contributed by atoms with Gasteiger partial charge in [-0.05, 0) is 80.5 Å². The van der Waals surface area contributed by atoms with Gasteiger partial charge < -0.3 is 4.18 Å². The van der Waals surface area contributed by atoms with Crippen LogP contribution in [0.15, 0.2) is 42.2 Å². The van der Waals surface area contributed by atoms with E-state index in [1.54, 1.807) is 32.0 Å². The molecule has 2 aromatic rings. The van der Waals surface area contributed by atoms with Gasteiger partial charge in [-0.25, -0.2) is 4.39 Å². The van der Waals surface area contributed by atoms with E-state index in [9.17, 15) is 17.6 Å². The molecule has 2 aromatic carbocycles. The van der Waals surface area contributed by atoms with Gasteiger partial charge in [0.1, 0.15) is 11.6 Å². The minimum absolute atomic E-state index is 0.0869. The maximum absolute atomic E-state index is 14.6. The number of benzene rings is 2. The van der Waals surface area contributed by atoms with Crippen LogP contribution >= 0.6 is 11.6 Å². The maximum Gasteiger partial charge on any atom is 0.311 e. The van der Waals surface area contributed by atoms with Gasteiger partial charge in [0.05, 0.1) is 10.8 Å². The smallest absolute Gasteiger partial charge is 0.311 e. The van der Waals surface area contributed by atoms with E-state index in [0.29, 0.717) is 46.5 Å². The Morgan fingerprint density at radius 2 is 1.81 bits per heavy atom. The molecule has 32 heavy (non-hydrogen) atoms. The van der Waals surface area contributed by atoms with Crippen molar-refractivity contribution in [2.45, 2.75) is 51.7 Å². The summed E-state index contributed by atoms with van der Waals surface area (Å²) in [6.45, 7) is 5.08. The number of carbonyl (C=O) groups is 1. The van der Waals surface area contributed by atoms with E-state index in [1.165, 1.54) is 6.07 Å². The lowest BCUT2D eigenvalue weighted by Gasteiger charge is -2.27. The van der Waals surface area contributed by atoms with Gasteiger partial charge in [0.2, 0.25) is 0 Å². The number of ketones is 1. The van der Waals surface area contributed by atoms with Crippen molar-refractivity contribution in [3.05, 3.63) is 64.1 Å². The van der Waals surface area contributed by atoms with Crippen molar-refractivity contribution in [2.24, 2.45) is 11.8 Å². The number of halogens is 2. The fourth-order valence-corrected chi connectivity index (χ4v) is 5.41. The number of hydrogen-bond acceptors (Lipinski definition) is 4. The van der Waals surface area contributed by atoms with Crippen molar-refractivity contribution >= 4 is 33.1 Å². The van der Waals surface area contributed by atoms with Crippen LogP contribution in [0.25, 0.3) is 16.7 Å². The van der Waals surface area contributed by atoms with E-state index in [1.807, 2.05) is 19.1 Å². The first kappa shape index (κ1) is 23.0. The molecular weight excluding hydrogens is 451 g/mol. The van der Waals surface area contributed by atoms with Gasteiger partial charge in [0.15, 0.2) is 5.78 Å². The van der Waals surface area contributed by atoms with E-state index < -0.39 is 21.2 Å². The van der Waals surface area contributed by atoms with Crippen LogP contribution in [0, 0.1) is 17.7 Å². The summed E-state index contributed by atoms with van der Waals surface area (Å²) in [5.74, 6) is -0.542. The van der Waals surface area contributed by atoms with Crippen LogP contribution in [0.3, 0.4) is 0 Å². The van der Waals surface area contributed by atoms with Crippen molar-refractivity contribution in [1.82, 2.24) is 0 Å². The topological polar surface area (TPSA) is 60.4 Å². The van der Waals surface area contributed by atoms with E-state index in [2.05, 4.69) is 0 Å². The average molecular weight is 477 g/mol. The van der Waals surface area contributed by atoms with E-state index in [0.717, 1.165) is 12.0 Å². The molecule has 0 aliphatic heterocycles. The number of carbonyl (C=O) groups excluding carboxylic acids is 1. The molecule has 0 aromatic heterocycles. The largest absolute Gasteiger partial charge is 0.386 e. The summed E-state index contributed by atoms with van der Waals surface area (Å²) in [4.78, 5) is 13.5. The molecule has 4 nitrogen and oxygen atoms in total. The summed E-state index contributed by atoms with van der Waals surface area (Å²) in [5.41, 5.74) is 2.80. The quantitative estimate of drug-likeness (QED) is 0.467. The third kappa shape index (κ3) is 4.11. The molecule has 1 saturated carbocycles. The van der Waals surface area contributed by atoms with Crippen molar-refractivity contribution in [3.63, 3.8) is 0 Å². The molecule has 0 spiro atoms. The standard InChI is InChI=1S/C25H26ClFO4S/c1-4-15-5-6-16(20-10-9-19(26)13-22(20)27)12-21(15)23-24(28)17-7-8-18(11-17)25(23)31-32(29,30)14(2)3/h5-6,9-10,12-14,17-18H,4,7-8,11H2,1-3H3/t17-,18-/m1/s1. The number of rotatable bonds is 6. The van der Waals surface area contributed by atoms with Gasteiger partial charge in [-0.3, -0.25) is 4.79 Å². The summed E-state index contributed by atoms with van der Waals surface area (Å²) >= 11 is 5.90. The van der Waals surface area contributed by atoms with Crippen LogP contribution in [0.1, 0.15) is 51.2 Å². The van der Waals surface area contributed by atoms with Gasteiger partial charge >= 0.3 is 10.1 Å². The second-order valence-corrected chi connectivity index (χ2v) is 11.3. The third-order valence-corrected chi connectivity index (χ3v) is 8.25. The fraction of sp³-hybridized carbons (Fsp3) is 0.400. The fourth-order valence-electron chi connectivity index (χ4n) is 4.59. The van der Waals surface area contributed by atoms with Crippen molar-refractivity contribution in [1.29, 1.82) is 0 Å². The Hall–Kier alpha value is -2.18. The average Bonchev–Trinajstić information content (AvgIpc) is 3.18. The number of allylic oxidation sites excluding steroid dienone is 2. The lowest BCUT2D eigenvalue weighted by Crippen LogP contribution is -2.26. The minimum atomic E-state index is -3.86. The van der Waals surface area contributed by atoms with Crippen LogP contribution in [0.2, 0.25) is 5.02 Å². The molecule has 4 rings (SSSR count). The Morgan fingerprint density at radius 1 is 1.09 bits per heavy atom. The Labute approximate surface area is 193 Å². The molecule has 0 amide bonds. The second-order valence-electron chi connectivity index (χ2n) is 8.78. The molecule has 7 heteroatoms. The summed E-state index contributed by atoms with van der Waals surface area (Å²) < 4.78 is 45.5. The monoisotopic (exact) mass is 476 g/mol. The van der Waals surface area contributed by atoms with Gasteiger partial charge in [0, 0.05) is 22.4 Å². The van der Waals surface area contributed by atoms with Crippen LogP contribution in [-0.2, 0) is 25.5 Å². The molecule has 1 fully saturated rings. The molecular formula is C25H26ClFO4S. The number of fused-ring (bicyclic) bond motifs is 2. The van der Waals surface area contributed by atoms with Crippen LogP contribution in [0.4, 0.5) is 4.39 Å². The van der Waals surface area contributed by atoms with Crippen molar-refractivity contribution in [2.75, 3.05) is 0 Å². The SMILES string of the molecule is CCc1ccc(-c2ccc(Cl)cc2F)cc1C1=C(OS(=O)(=O)C(C)C)[C@@H]2CC[C@H](C2)C1=O. The molecule has 2 aliphatic carbocycles. The number of Topliss-reactive ketones (excluding diaryl/α,β-unsaturated/α-hetero) is 1. The number of hydrogen-bond donors (Lipinski definition) is 0. The highest BCUT2D eigenvalue weighted by atomic mass is 35.5. The van der Waals surface area contributed by atoms with Gasteiger partial charge in [-0.2, -0.15) is 8.42 Å². The van der Waals surface area contributed by atoms with Crippen LogP contribution < -0.4 is 0 Å². The zero-order valence-electron chi connectivity index (χ0n) is 18.3. The highest BCUT2D eigenvalue weighted by Gasteiger charge is 2.44. The minimum Gasteiger partial charge on any atom is -0.386 e. The Balaban J connectivity index is 1.93. The molecule has 0 heterocycles. The molecule has 0 radical (unpaired) electrons. The summed E-state index contributed by atoms with van der Waals surface area (Å²) in [6.07, 6.45) is 2.68. The normalized spacial score (nSPS) is 20.9. The summed E-state index contributed by atoms with van der Waals surface area (Å²) in [5, 5.41) is -0.432. The van der Waals surface area contributed by atoms with Gasteiger partial charge in [-0.1, -0.05) is 30.7 Å². The lowest BCUT2D eigenvalue weighted by molar-refractivity contribution is -0.117. The highest BCUT2D eigenvalue weighted by Crippen LogP contribution is 2.48. The van der Waals surface area contributed by atoms with Crippen LogP contribution in [-0.4, -0.2) is 19.5 Å². The number of aryl methyl sites for hydroxylation is 1. The van der Waals surface area contributed by atoms with Gasteiger partial charge in [0.25, 0.3) is 0 Å². The molecule has 170 valence electrons. The molecule has 0 N–H and O–H groups in total. The van der Waals surface area contributed by atoms with E-state index >= 15 is 0 Å². The summed E-state index contributed by atoms with van der Waals surface area (Å²) in [6, 6.07) is 9.91. The first-order valence-corrected chi connectivity index (χ1v) is 12.8.